The maximum Gasteiger partial charge on any atom is 0.573 e. The van der Waals surface area contributed by atoms with Crippen LogP contribution in [0.1, 0.15) is 55.7 Å². The van der Waals surface area contributed by atoms with Gasteiger partial charge >= 0.3 is 12.3 Å². The third-order valence-corrected chi connectivity index (χ3v) is 6.80. The van der Waals surface area contributed by atoms with Crippen molar-refractivity contribution in [2.45, 2.75) is 65.1 Å². The van der Waals surface area contributed by atoms with E-state index in [1.165, 1.54) is 12.1 Å². The molecular formula is C31H31F3N2O5. The molecule has 1 aliphatic heterocycles. The van der Waals surface area contributed by atoms with Gasteiger partial charge in [0, 0.05) is 34.9 Å². The predicted octanol–water partition coefficient (Wildman–Crippen LogP) is 7.22. The lowest BCUT2D eigenvalue weighted by atomic mass is 9.90. The van der Waals surface area contributed by atoms with Gasteiger partial charge in [0.05, 0.1) is 12.2 Å². The number of hydrogen-bond donors (Lipinski definition) is 1. The van der Waals surface area contributed by atoms with E-state index in [0.29, 0.717) is 35.6 Å². The molecule has 1 unspecified atom stereocenters. The Bertz CT molecular complexity index is 1590. The molecule has 0 spiro atoms. The summed E-state index contributed by atoms with van der Waals surface area (Å²) in [7, 11) is 0. The van der Waals surface area contributed by atoms with Crippen LogP contribution < -0.4 is 9.47 Å². The lowest BCUT2D eigenvalue weighted by molar-refractivity contribution is -0.274. The normalized spacial score (nSPS) is 14.4. The van der Waals surface area contributed by atoms with Crippen LogP contribution in [-0.4, -0.2) is 39.2 Å². The van der Waals surface area contributed by atoms with Gasteiger partial charge in [0.25, 0.3) is 0 Å². The average Bonchev–Trinajstić information content (AvgIpc) is 3.27. The van der Waals surface area contributed by atoms with Crippen molar-refractivity contribution in [1.29, 1.82) is 0 Å². The number of nitrogens with zero attached hydrogens (tertiary/aromatic N) is 2. The number of aryl methyl sites for hydroxylation is 2. The number of pyridine rings is 1. The van der Waals surface area contributed by atoms with Gasteiger partial charge in [0.15, 0.2) is 6.10 Å². The summed E-state index contributed by atoms with van der Waals surface area (Å²) in [6.45, 7) is 8.18. The van der Waals surface area contributed by atoms with Gasteiger partial charge in [-0.3, -0.25) is 0 Å². The van der Waals surface area contributed by atoms with E-state index in [-0.39, 0.29) is 5.75 Å². The molecule has 7 nitrogen and oxygen atoms in total. The molecule has 2 aromatic carbocycles. The van der Waals surface area contributed by atoms with Gasteiger partial charge in [-0.1, -0.05) is 18.2 Å². The molecule has 1 atom stereocenters. The van der Waals surface area contributed by atoms with Crippen molar-refractivity contribution in [3.8, 4) is 22.6 Å². The third-order valence-electron chi connectivity index (χ3n) is 6.80. The van der Waals surface area contributed by atoms with Crippen molar-refractivity contribution in [2.75, 3.05) is 6.61 Å². The number of fused-ring (bicyclic) bond motifs is 2. The molecule has 5 rings (SSSR count). The highest BCUT2D eigenvalue weighted by molar-refractivity contribution is 5.98. The SMILES string of the molecule is Cc1nc2c(ccn2Cc2ccc(OC(F)(F)F)cc2)c(-c2ccc3c(c2)CCCO3)c1C(OC(C)(C)C)C(=O)O. The van der Waals surface area contributed by atoms with E-state index in [2.05, 4.69) is 4.74 Å². The summed E-state index contributed by atoms with van der Waals surface area (Å²) in [5.74, 6) is -0.596. The van der Waals surface area contributed by atoms with Crippen molar-refractivity contribution >= 4 is 17.0 Å². The van der Waals surface area contributed by atoms with E-state index in [1.54, 1.807) is 19.1 Å². The Morgan fingerprint density at radius 1 is 1.12 bits per heavy atom. The van der Waals surface area contributed by atoms with Crippen LogP contribution in [0.5, 0.6) is 11.5 Å². The maximum atomic E-state index is 12.6. The van der Waals surface area contributed by atoms with Gasteiger partial charge in [-0.2, -0.15) is 0 Å². The minimum Gasteiger partial charge on any atom is -0.493 e. The largest absolute Gasteiger partial charge is 0.573 e. The number of aliphatic carboxylic acids is 1. The number of rotatable bonds is 7. The first kappa shape index (κ1) is 28.5. The van der Waals surface area contributed by atoms with Gasteiger partial charge in [0.1, 0.15) is 17.1 Å². The highest BCUT2D eigenvalue weighted by Gasteiger charge is 2.33. The summed E-state index contributed by atoms with van der Waals surface area (Å²) >= 11 is 0. The zero-order valence-electron chi connectivity index (χ0n) is 23.2. The highest BCUT2D eigenvalue weighted by Crippen LogP contribution is 2.41. The van der Waals surface area contributed by atoms with Crippen molar-refractivity contribution < 1.29 is 37.3 Å². The van der Waals surface area contributed by atoms with Crippen LogP contribution in [0.2, 0.25) is 0 Å². The Balaban J connectivity index is 1.64. The molecule has 3 heterocycles. The number of benzene rings is 2. The molecule has 0 bridgehead atoms. The molecular weight excluding hydrogens is 537 g/mol. The first-order valence-electron chi connectivity index (χ1n) is 13.3. The van der Waals surface area contributed by atoms with E-state index in [9.17, 15) is 23.1 Å². The Morgan fingerprint density at radius 3 is 2.51 bits per heavy atom. The summed E-state index contributed by atoms with van der Waals surface area (Å²) in [6, 6.07) is 13.4. The molecule has 41 heavy (non-hydrogen) atoms. The van der Waals surface area contributed by atoms with Crippen LogP contribution in [0.4, 0.5) is 13.2 Å². The van der Waals surface area contributed by atoms with Gasteiger partial charge in [0.2, 0.25) is 0 Å². The molecule has 0 fully saturated rings. The van der Waals surface area contributed by atoms with Gasteiger partial charge in [-0.15, -0.1) is 13.2 Å². The second-order valence-electron chi connectivity index (χ2n) is 11.1. The molecule has 2 aromatic heterocycles. The Hall–Kier alpha value is -4.05. The molecule has 1 aliphatic rings. The molecule has 0 saturated carbocycles. The van der Waals surface area contributed by atoms with Crippen LogP contribution in [0, 0.1) is 6.92 Å². The lowest BCUT2D eigenvalue weighted by Crippen LogP contribution is -2.28. The van der Waals surface area contributed by atoms with Crippen LogP contribution in [0.25, 0.3) is 22.2 Å². The topological polar surface area (TPSA) is 82.8 Å². The van der Waals surface area contributed by atoms with Gasteiger partial charge in [-0.25, -0.2) is 9.78 Å². The minimum absolute atomic E-state index is 0.297. The quantitative estimate of drug-likeness (QED) is 0.253. The summed E-state index contributed by atoms with van der Waals surface area (Å²) in [5.41, 5.74) is 4.19. The fourth-order valence-electron chi connectivity index (χ4n) is 5.18. The molecule has 4 aromatic rings. The first-order chi connectivity index (χ1) is 19.3. The minimum atomic E-state index is -4.76. The molecule has 0 aliphatic carbocycles. The van der Waals surface area contributed by atoms with Crippen LogP contribution in [-0.2, 0) is 22.5 Å². The van der Waals surface area contributed by atoms with Crippen molar-refractivity contribution in [3.63, 3.8) is 0 Å². The summed E-state index contributed by atoms with van der Waals surface area (Å²) in [4.78, 5) is 17.4. The molecule has 10 heteroatoms. The number of hydrogen-bond acceptors (Lipinski definition) is 5. The summed E-state index contributed by atoms with van der Waals surface area (Å²) in [5, 5.41) is 11.0. The number of carbonyl (C=O) groups is 1. The number of carboxylic acid groups (broad SMARTS) is 1. The Kier molecular flexibility index (Phi) is 7.46. The number of alkyl halides is 3. The third kappa shape index (κ3) is 6.32. The van der Waals surface area contributed by atoms with Gasteiger partial charge in [-0.05, 0) is 87.6 Å². The zero-order chi connectivity index (χ0) is 29.5. The van der Waals surface area contributed by atoms with E-state index >= 15 is 0 Å². The van der Waals surface area contributed by atoms with E-state index in [1.807, 2.05) is 55.8 Å². The van der Waals surface area contributed by atoms with Crippen molar-refractivity contribution in [3.05, 3.63) is 77.1 Å². The predicted molar refractivity (Wildman–Crippen MR) is 147 cm³/mol. The fraction of sp³-hybridized carbons (Fsp3) is 0.355. The molecule has 1 N–H and O–H groups in total. The van der Waals surface area contributed by atoms with E-state index < -0.39 is 24.0 Å². The van der Waals surface area contributed by atoms with Crippen LogP contribution in [0.15, 0.2) is 54.7 Å². The average molecular weight is 569 g/mol. The Labute approximate surface area is 235 Å². The molecule has 0 radical (unpaired) electrons. The smallest absolute Gasteiger partial charge is 0.493 e. The van der Waals surface area contributed by atoms with E-state index in [4.69, 9.17) is 14.5 Å². The highest BCUT2D eigenvalue weighted by atomic mass is 19.4. The van der Waals surface area contributed by atoms with Crippen LogP contribution in [0.3, 0.4) is 0 Å². The van der Waals surface area contributed by atoms with Crippen LogP contribution >= 0.6 is 0 Å². The number of ether oxygens (including phenoxy) is 3. The number of carboxylic acids is 1. The fourth-order valence-corrected chi connectivity index (χ4v) is 5.18. The Morgan fingerprint density at radius 2 is 1.85 bits per heavy atom. The van der Waals surface area contributed by atoms with Gasteiger partial charge < -0.3 is 23.9 Å². The number of aromatic nitrogens is 2. The van der Waals surface area contributed by atoms with E-state index in [0.717, 1.165) is 40.7 Å². The maximum absolute atomic E-state index is 12.6. The molecule has 0 amide bonds. The lowest BCUT2D eigenvalue weighted by Gasteiger charge is -2.28. The molecule has 216 valence electrons. The number of halogens is 3. The summed E-state index contributed by atoms with van der Waals surface area (Å²) < 4.78 is 55.5. The zero-order valence-corrected chi connectivity index (χ0v) is 23.2. The van der Waals surface area contributed by atoms with Crippen molar-refractivity contribution in [2.24, 2.45) is 0 Å². The second-order valence-corrected chi connectivity index (χ2v) is 11.1. The second kappa shape index (κ2) is 10.7. The monoisotopic (exact) mass is 568 g/mol. The standard InChI is InChI=1S/C31H31F3N2O5/c1-18-25(27(29(37)38)41-30(2,3)4)26(21-9-12-24-20(16-21)6-5-15-39-24)23-13-14-36(28(23)35-18)17-19-7-10-22(11-8-19)40-31(32,33)34/h7-14,16,27H,5-6,15,17H2,1-4H3,(H,37,38). The van der Waals surface area contributed by atoms with Crippen molar-refractivity contribution in [1.82, 2.24) is 9.55 Å². The first-order valence-corrected chi connectivity index (χ1v) is 13.3. The molecule has 0 saturated heterocycles. The summed E-state index contributed by atoms with van der Waals surface area (Å²) in [6.07, 6.45) is -2.45.